The molecule has 0 radical (unpaired) electrons. The molecule has 0 bridgehead atoms. The van der Waals surface area contributed by atoms with Gasteiger partial charge in [-0.05, 0) is 24.5 Å². The van der Waals surface area contributed by atoms with Gasteiger partial charge in [-0.15, -0.1) is 0 Å². The second-order valence-electron chi connectivity index (χ2n) is 5.69. The molecule has 112 valence electrons. The van der Waals surface area contributed by atoms with E-state index in [1.165, 1.54) is 0 Å². The van der Waals surface area contributed by atoms with E-state index in [0.29, 0.717) is 35.2 Å². The molecule has 0 saturated carbocycles. The third kappa shape index (κ3) is 3.43. The second-order valence-corrected chi connectivity index (χ2v) is 6.12. The monoisotopic (exact) mass is 306 g/mol. The van der Waals surface area contributed by atoms with Crippen LogP contribution in [0.25, 0.3) is 11.4 Å². The molecular formula is C15H19ClN4O. The predicted octanol–water partition coefficient (Wildman–Crippen LogP) is 2.56. The first kappa shape index (κ1) is 14.5. The summed E-state index contributed by atoms with van der Waals surface area (Å²) in [5.41, 5.74) is 6.90. The number of likely N-dealkylation sites (tertiary alicyclic amines) is 1. The van der Waals surface area contributed by atoms with Gasteiger partial charge in [-0.25, -0.2) is 0 Å². The first-order valence-electron chi connectivity index (χ1n) is 7.18. The fraction of sp³-hybridized carbons (Fsp3) is 0.467. The zero-order valence-electron chi connectivity index (χ0n) is 12.0. The second kappa shape index (κ2) is 6.13. The van der Waals surface area contributed by atoms with Gasteiger partial charge < -0.3 is 10.3 Å². The number of piperidine rings is 1. The molecule has 1 saturated heterocycles. The summed E-state index contributed by atoms with van der Waals surface area (Å²) in [6.07, 6.45) is 1.01. The Labute approximate surface area is 129 Å². The lowest BCUT2D eigenvalue weighted by Gasteiger charge is -2.34. The van der Waals surface area contributed by atoms with Gasteiger partial charge >= 0.3 is 0 Å². The normalized spacial score (nSPS) is 23.4. The molecule has 0 aliphatic carbocycles. The largest absolute Gasteiger partial charge is 0.338 e. The lowest BCUT2D eigenvalue weighted by molar-refractivity contribution is 0.142. The van der Waals surface area contributed by atoms with Crippen molar-refractivity contribution in [3.05, 3.63) is 35.2 Å². The summed E-state index contributed by atoms with van der Waals surface area (Å²) < 4.78 is 5.35. The maximum Gasteiger partial charge on any atom is 0.241 e. The SMILES string of the molecule is CC1CN(Cc2nc(-c3cccc(Cl)c3)no2)CCC1N. The summed E-state index contributed by atoms with van der Waals surface area (Å²) >= 11 is 5.98. The maximum atomic E-state index is 6.04. The lowest BCUT2D eigenvalue weighted by atomic mass is 9.95. The molecule has 6 heteroatoms. The summed E-state index contributed by atoms with van der Waals surface area (Å²) in [4.78, 5) is 6.76. The van der Waals surface area contributed by atoms with Crippen LogP contribution in [0.1, 0.15) is 19.2 Å². The molecule has 21 heavy (non-hydrogen) atoms. The fourth-order valence-corrected chi connectivity index (χ4v) is 2.84. The third-order valence-corrected chi connectivity index (χ3v) is 4.20. The zero-order chi connectivity index (χ0) is 14.8. The third-order valence-electron chi connectivity index (χ3n) is 3.97. The summed E-state index contributed by atoms with van der Waals surface area (Å²) in [7, 11) is 0. The topological polar surface area (TPSA) is 68.2 Å². The Hall–Kier alpha value is -1.43. The van der Waals surface area contributed by atoms with Crippen molar-refractivity contribution in [3.63, 3.8) is 0 Å². The zero-order valence-corrected chi connectivity index (χ0v) is 12.8. The first-order chi connectivity index (χ1) is 10.1. The molecule has 1 aliphatic rings. The van der Waals surface area contributed by atoms with Crippen LogP contribution < -0.4 is 5.73 Å². The van der Waals surface area contributed by atoms with E-state index in [4.69, 9.17) is 21.9 Å². The Balaban J connectivity index is 1.68. The van der Waals surface area contributed by atoms with E-state index >= 15 is 0 Å². The number of halogens is 1. The van der Waals surface area contributed by atoms with Crippen molar-refractivity contribution in [1.29, 1.82) is 0 Å². The average molecular weight is 307 g/mol. The number of aromatic nitrogens is 2. The van der Waals surface area contributed by atoms with Gasteiger partial charge in [-0.2, -0.15) is 4.98 Å². The first-order valence-corrected chi connectivity index (χ1v) is 7.56. The van der Waals surface area contributed by atoms with Crippen LogP contribution >= 0.6 is 11.6 Å². The van der Waals surface area contributed by atoms with Crippen LogP contribution in [-0.4, -0.2) is 34.2 Å². The lowest BCUT2D eigenvalue weighted by Crippen LogP contribution is -2.45. The van der Waals surface area contributed by atoms with E-state index in [-0.39, 0.29) is 0 Å². The highest BCUT2D eigenvalue weighted by Crippen LogP contribution is 2.21. The maximum absolute atomic E-state index is 6.04. The van der Waals surface area contributed by atoms with Crippen LogP contribution in [0.4, 0.5) is 0 Å². The summed E-state index contributed by atoms with van der Waals surface area (Å²) in [6.45, 7) is 4.79. The van der Waals surface area contributed by atoms with Gasteiger partial charge in [0.15, 0.2) is 0 Å². The van der Waals surface area contributed by atoms with Gasteiger partial charge in [0.05, 0.1) is 6.54 Å². The highest BCUT2D eigenvalue weighted by molar-refractivity contribution is 6.30. The number of nitrogens with two attached hydrogens (primary N) is 1. The Morgan fingerprint density at radius 1 is 1.48 bits per heavy atom. The summed E-state index contributed by atoms with van der Waals surface area (Å²) in [6, 6.07) is 7.75. The van der Waals surface area contributed by atoms with Crippen molar-refractivity contribution in [3.8, 4) is 11.4 Å². The van der Waals surface area contributed by atoms with Gasteiger partial charge in [-0.1, -0.05) is 35.8 Å². The summed E-state index contributed by atoms with van der Waals surface area (Å²) in [5, 5.41) is 4.70. The molecule has 0 spiro atoms. The van der Waals surface area contributed by atoms with E-state index < -0.39 is 0 Å². The number of hydrogen-bond acceptors (Lipinski definition) is 5. The molecule has 2 unspecified atom stereocenters. The van der Waals surface area contributed by atoms with E-state index in [1.807, 2.05) is 24.3 Å². The molecular weight excluding hydrogens is 288 g/mol. The van der Waals surface area contributed by atoms with Crippen molar-refractivity contribution in [2.24, 2.45) is 11.7 Å². The molecule has 2 atom stereocenters. The smallest absolute Gasteiger partial charge is 0.241 e. The average Bonchev–Trinajstić information content (AvgIpc) is 2.91. The number of hydrogen-bond donors (Lipinski definition) is 1. The minimum Gasteiger partial charge on any atom is -0.338 e. The van der Waals surface area contributed by atoms with Crippen molar-refractivity contribution in [2.45, 2.75) is 25.9 Å². The van der Waals surface area contributed by atoms with Gasteiger partial charge in [0.1, 0.15) is 0 Å². The molecule has 2 heterocycles. The van der Waals surface area contributed by atoms with Crippen molar-refractivity contribution in [1.82, 2.24) is 15.0 Å². The molecule has 1 fully saturated rings. The molecule has 3 rings (SSSR count). The van der Waals surface area contributed by atoms with E-state index in [1.54, 1.807) is 0 Å². The molecule has 1 aromatic heterocycles. The Morgan fingerprint density at radius 2 is 2.33 bits per heavy atom. The van der Waals surface area contributed by atoms with Crippen LogP contribution in [-0.2, 0) is 6.54 Å². The molecule has 2 aromatic rings. The van der Waals surface area contributed by atoms with E-state index in [0.717, 1.165) is 25.1 Å². The highest BCUT2D eigenvalue weighted by Gasteiger charge is 2.24. The highest BCUT2D eigenvalue weighted by atomic mass is 35.5. The molecule has 5 nitrogen and oxygen atoms in total. The predicted molar refractivity (Wildman–Crippen MR) is 81.8 cm³/mol. The Morgan fingerprint density at radius 3 is 3.10 bits per heavy atom. The van der Waals surface area contributed by atoms with Crippen molar-refractivity contribution in [2.75, 3.05) is 13.1 Å². The minimum absolute atomic E-state index is 0.297. The number of nitrogens with zero attached hydrogens (tertiary/aromatic N) is 3. The molecule has 1 aromatic carbocycles. The van der Waals surface area contributed by atoms with Crippen LogP contribution in [0.2, 0.25) is 5.02 Å². The number of benzene rings is 1. The van der Waals surface area contributed by atoms with Gasteiger partial charge in [0, 0.05) is 29.7 Å². The van der Waals surface area contributed by atoms with Crippen molar-refractivity contribution >= 4 is 11.6 Å². The van der Waals surface area contributed by atoms with Gasteiger partial charge in [0.2, 0.25) is 11.7 Å². The number of rotatable bonds is 3. The van der Waals surface area contributed by atoms with Gasteiger partial charge in [-0.3, -0.25) is 4.90 Å². The molecule has 2 N–H and O–H groups in total. The van der Waals surface area contributed by atoms with Gasteiger partial charge in [0.25, 0.3) is 0 Å². The van der Waals surface area contributed by atoms with Crippen molar-refractivity contribution < 1.29 is 4.52 Å². The quantitative estimate of drug-likeness (QED) is 0.944. The standard InChI is InChI=1S/C15H19ClN4O/c1-10-8-20(6-5-13(10)17)9-14-18-15(19-21-14)11-3-2-4-12(16)7-11/h2-4,7,10,13H,5-6,8-9,17H2,1H3. The Kier molecular flexibility index (Phi) is 4.24. The fourth-order valence-electron chi connectivity index (χ4n) is 2.65. The van der Waals surface area contributed by atoms with Crippen LogP contribution in [0.3, 0.4) is 0 Å². The molecule has 0 amide bonds. The summed E-state index contributed by atoms with van der Waals surface area (Å²) in [5.74, 6) is 1.70. The van der Waals surface area contributed by atoms with Crippen LogP contribution in [0, 0.1) is 5.92 Å². The minimum atomic E-state index is 0.297. The van der Waals surface area contributed by atoms with Crippen LogP contribution in [0.5, 0.6) is 0 Å². The molecule has 1 aliphatic heterocycles. The van der Waals surface area contributed by atoms with E-state index in [9.17, 15) is 0 Å². The Bertz CT molecular complexity index is 615. The van der Waals surface area contributed by atoms with E-state index in [2.05, 4.69) is 22.0 Å². The van der Waals surface area contributed by atoms with Crippen LogP contribution in [0.15, 0.2) is 28.8 Å².